The van der Waals surface area contributed by atoms with Crippen molar-refractivity contribution in [3.63, 3.8) is 0 Å². The molecule has 1 amide bonds. The maximum atomic E-state index is 10.3. The second-order valence-electron chi connectivity index (χ2n) is 5.66. The predicted molar refractivity (Wildman–Crippen MR) is 70.8 cm³/mol. The summed E-state index contributed by atoms with van der Waals surface area (Å²) in [5.74, 6) is 0. The molecule has 0 aromatic heterocycles. The topological polar surface area (TPSA) is 52.3 Å². The molecule has 0 rings (SSSR count). The summed E-state index contributed by atoms with van der Waals surface area (Å²) in [7, 11) is 6.70. The van der Waals surface area contributed by atoms with Gasteiger partial charge in [-0.1, -0.05) is 25.7 Å². The van der Waals surface area contributed by atoms with E-state index in [9.17, 15) is 4.79 Å². The van der Waals surface area contributed by atoms with Gasteiger partial charge in [-0.05, 0) is 19.3 Å². The molecule has 0 aromatic carbocycles. The first kappa shape index (κ1) is 19.9. The van der Waals surface area contributed by atoms with Gasteiger partial charge in [0.1, 0.15) is 0 Å². The van der Waals surface area contributed by atoms with Gasteiger partial charge >= 0.3 is 6.09 Å². The smallest absolute Gasteiger partial charge is 0.404 e. The van der Waals surface area contributed by atoms with Crippen molar-refractivity contribution >= 4 is 6.09 Å². The number of hydrogen-bond donors (Lipinski definition) is 1. The fourth-order valence-corrected chi connectivity index (χ4v) is 1.74. The number of amides is 1. The highest BCUT2D eigenvalue weighted by Crippen LogP contribution is 2.08. The lowest BCUT2D eigenvalue weighted by Gasteiger charge is -2.23. The molecule has 5 heteroatoms. The van der Waals surface area contributed by atoms with Gasteiger partial charge in [0.05, 0.1) is 34.3 Å². The maximum Gasteiger partial charge on any atom is 0.404 e. The number of carbonyl (C=O) groups excluding carboxylic acids is 1. The quantitative estimate of drug-likeness (QED) is 0.434. The third kappa shape index (κ3) is 17.9. The fourth-order valence-electron chi connectivity index (χ4n) is 1.74. The van der Waals surface area contributed by atoms with Crippen molar-refractivity contribution < 1.29 is 26.4 Å². The maximum absolute atomic E-state index is 10.3. The first-order chi connectivity index (χ1) is 7.92. The summed E-state index contributed by atoms with van der Waals surface area (Å²) in [6.07, 6.45) is 7.87. The molecule has 18 heavy (non-hydrogen) atoms. The number of nitrogens with two attached hydrogens (primary N) is 1. The van der Waals surface area contributed by atoms with Gasteiger partial charge in [0, 0.05) is 0 Å². The number of primary amides is 1. The SMILES string of the molecule is C[N+](C)(C)CCCCCCCCCOC(N)=O.[Cl-]. The lowest BCUT2D eigenvalue weighted by molar-refractivity contribution is -0.870. The summed E-state index contributed by atoms with van der Waals surface area (Å²) < 4.78 is 5.72. The minimum Gasteiger partial charge on any atom is -1.00 e. The van der Waals surface area contributed by atoms with Crippen LogP contribution in [0.5, 0.6) is 0 Å². The molecule has 0 aromatic rings. The number of unbranched alkanes of at least 4 members (excludes halogenated alkanes) is 6. The summed E-state index contributed by atoms with van der Waals surface area (Å²) in [5.41, 5.74) is 4.86. The minimum atomic E-state index is -0.662. The summed E-state index contributed by atoms with van der Waals surface area (Å²) in [4.78, 5) is 10.3. The van der Waals surface area contributed by atoms with Crippen LogP contribution in [0.15, 0.2) is 0 Å². The third-order valence-electron chi connectivity index (χ3n) is 2.72. The average Bonchev–Trinajstić information content (AvgIpc) is 2.18. The van der Waals surface area contributed by atoms with Crippen molar-refractivity contribution in [3.8, 4) is 0 Å². The largest absolute Gasteiger partial charge is 1.00 e. The Morgan fingerprint density at radius 2 is 1.39 bits per heavy atom. The Bertz CT molecular complexity index is 206. The van der Waals surface area contributed by atoms with E-state index in [0.717, 1.165) is 17.3 Å². The number of carbonyl (C=O) groups is 1. The van der Waals surface area contributed by atoms with E-state index in [0.29, 0.717) is 6.61 Å². The van der Waals surface area contributed by atoms with Crippen LogP contribution in [0.25, 0.3) is 0 Å². The predicted octanol–water partition coefficient (Wildman–Crippen LogP) is -0.477. The molecule has 2 N–H and O–H groups in total. The standard InChI is InChI=1S/C13H28N2O2.ClH/c1-15(2,3)11-9-7-5-4-6-8-10-12-17-13(14)16;/h4-12H2,1-3H3,(H-,14,16);1H. The lowest BCUT2D eigenvalue weighted by atomic mass is 10.1. The molecular formula is C13H29ClN2O2. The number of halogens is 1. The number of ether oxygens (including phenoxy) is 1. The van der Waals surface area contributed by atoms with Crippen molar-refractivity contribution in [1.82, 2.24) is 0 Å². The second-order valence-corrected chi connectivity index (χ2v) is 5.66. The molecule has 4 nitrogen and oxygen atoms in total. The third-order valence-corrected chi connectivity index (χ3v) is 2.72. The Labute approximate surface area is 118 Å². The summed E-state index contributed by atoms with van der Waals surface area (Å²) in [6, 6.07) is 0. The molecule has 0 aliphatic rings. The van der Waals surface area contributed by atoms with Crippen molar-refractivity contribution in [2.45, 2.75) is 44.9 Å². The van der Waals surface area contributed by atoms with E-state index in [-0.39, 0.29) is 12.4 Å². The molecule has 0 radical (unpaired) electrons. The average molecular weight is 281 g/mol. The van der Waals surface area contributed by atoms with E-state index in [4.69, 9.17) is 5.73 Å². The molecule has 0 unspecified atom stereocenters. The normalized spacial score (nSPS) is 10.8. The zero-order valence-corrected chi connectivity index (χ0v) is 12.8. The van der Waals surface area contributed by atoms with Gasteiger partial charge < -0.3 is 27.4 Å². The summed E-state index contributed by atoms with van der Waals surface area (Å²) >= 11 is 0. The highest BCUT2D eigenvalue weighted by Gasteiger charge is 2.04. The molecule has 0 spiro atoms. The van der Waals surface area contributed by atoms with Gasteiger partial charge in [-0.2, -0.15) is 0 Å². The van der Waals surface area contributed by atoms with Crippen LogP contribution >= 0.6 is 0 Å². The van der Waals surface area contributed by atoms with Crippen molar-refractivity contribution in [1.29, 1.82) is 0 Å². The molecule has 0 bridgehead atoms. The van der Waals surface area contributed by atoms with E-state index in [1.165, 1.54) is 38.6 Å². The Morgan fingerprint density at radius 1 is 0.944 bits per heavy atom. The highest BCUT2D eigenvalue weighted by molar-refractivity contribution is 5.64. The Hall–Kier alpha value is -0.480. The van der Waals surface area contributed by atoms with Gasteiger partial charge in [0.25, 0.3) is 0 Å². The monoisotopic (exact) mass is 280 g/mol. The highest BCUT2D eigenvalue weighted by atomic mass is 35.5. The van der Waals surface area contributed by atoms with Crippen LogP contribution < -0.4 is 18.1 Å². The van der Waals surface area contributed by atoms with Gasteiger partial charge in [-0.3, -0.25) is 0 Å². The summed E-state index contributed by atoms with van der Waals surface area (Å²) in [5, 5.41) is 0. The molecule has 0 saturated carbocycles. The van der Waals surface area contributed by atoms with Crippen LogP contribution in [0.4, 0.5) is 4.79 Å². The molecular weight excluding hydrogens is 252 g/mol. The van der Waals surface area contributed by atoms with E-state index in [1.807, 2.05) is 0 Å². The Kier molecular flexibility index (Phi) is 12.8. The Morgan fingerprint density at radius 3 is 1.83 bits per heavy atom. The molecule has 0 atom stereocenters. The molecule has 0 aliphatic carbocycles. The zero-order chi connectivity index (χ0) is 13.1. The first-order valence-electron chi connectivity index (χ1n) is 6.64. The molecule has 0 fully saturated rings. The van der Waals surface area contributed by atoms with Crippen LogP contribution in [0.3, 0.4) is 0 Å². The minimum absolute atomic E-state index is 0. The van der Waals surface area contributed by atoms with Crippen LogP contribution in [0.1, 0.15) is 44.9 Å². The van der Waals surface area contributed by atoms with Gasteiger partial charge in [0.2, 0.25) is 0 Å². The van der Waals surface area contributed by atoms with Gasteiger partial charge in [-0.25, -0.2) is 4.79 Å². The molecule has 0 saturated heterocycles. The van der Waals surface area contributed by atoms with Crippen molar-refractivity contribution in [3.05, 3.63) is 0 Å². The van der Waals surface area contributed by atoms with Crippen LogP contribution in [0, 0.1) is 0 Å². The van der Waals surface area contributed by atoms with Crippen molar-refractivity contribution in [2.75, 3.05) is 34.3 Å². The van der Waals surface area contributed by atoms with Crippen molar-refractivity contribution in [2.24, 2.45) is 5.73 Å². The van der Waals surface area contributed by atoms with Gasteiger partial charge in [-0.15, -0.1) is 0 Å². The molecule has 0 heterocycles. The van der Waals surface area contributed by atoms with Crippen LogP contribution in [-0.2, 0) is 4.74 Å². The fraction of sp³-hybridized carbons (Fsp3) is 0.923. The van der Waals surface area contributed by atoms with E-state index in [2.05, 4.69) is 25.9 Å². The van der Waals surface area contributed by atoms with E-state index >= 15 is 0 Å². The lowest BCUT2D eigenvalue weighted by Crippen LogP contribution is -3.00. The second kappa shape index (κ2) is 11.6. The Balaban J connectivity index is 0. The first-order valence-corrected chi connectivity index (χ1v) is 6.64. The van der Waals surface area contributed by atoms with Gasteiger partial charge in [0.15, 0.2) is 0 Å². The number of nitrogens with zero attached hydrogens (tertiary/aromatic N) is 1. The van der Waals surface area contributed by atoms with Crippen LogP contribution in [-0.4, -0.2) is 44.9 Å². The van der Waals surface area contributed by atoms with Crippen LogP contribution in [0.2, 0.25) is 0 Å². The molecule has 0 aliphatic heterocycles. The number of hydrogen-bond acceptors (Lipinski definition) is 2. The molecule has 110 valence electrons. The van der Waals surface area contributed by atoms with E-state index < -0.39 is 6.09 Å². The number of rotatable bonds is 10. The summed E-state index contributed by atoms with van der Waals surface area (Å²) in [6.45, 7) is 1.73. The number of quaternary nitrogens is 1. The van der Waals surface area contributed by atoms with E-state index in [1.54, 1.807) is 0 Å². The zero-order valence-electron chi connectivity index (χ0n) is 12.1.